The van der Waals surface area contributed by atoms with Crippen LogP contribution in [-0.2, 0) is 51.8 Å². The van der Waals surface area contributed by atoms with Crippen molar-refractivity contribution < 1.29 is 54.8 Å². The topological polar surface area (TPSA) is 236 Å². The molecule has 2 aliphatic rings. The summed E-state index contributed by atoms with van der Waals surface area (Å²) in [6.45, 7) is 2.52. The molecule has 6 N–H and O–H groups in total. The molecular formula is C55H68Cl4N8O12S2. The summed E-state index contributed by atoms with van der Waals surface area (Å²) >= 11 is 25.6. The van der Waals surface area contributed by atoms with Gasteiger partial charge in [0.05, 0.1) is 75.3 Å². The average Bonchev–Trinajstić information content (AvgIpc) is 4.08. The lowest BCUT2D eigenvalue weighted by Crippen LogP contribution is -2.34. The minimum atomic E-state index is -3.80. The highest BCUT2D eigenvalue weighted by molar-refractivity contribution is 7.89. The monoisotopic (exact) mass is 1240 g/mol. The Balaban J connectivity index is 0.661. The van der Waals surface area contributed by atoms with E-state index < -0.39 is 32.1 Å². The molecule has 5 aromatic carbocycles. The minimum Gasteiger partial charge on any atom is -0.493 e. The summed E-state index contributed by atoms with van der Waals surface area (Å²) in [5, 5.41) is 13.1. The number of halogens is 4. The molecule has 4 amide bonds. The van der Waals surface area contributed by atoms with Crippen LogP contribution in [0.25, 0.3) is 0 Å². The number of rotatable bonds is 31. The first kappa shape index (κ1) is 63.6. The van der Waals surface area contributed by atoms with Crippen molar-refractivity contribution in [2.45, 2.75) is 46.7 Å². The zero-order valence-corrected chi connectivity index (χ0v) is 49.9. The maximum absolute atomic E-state index is 12.9. The fraction of sp³-hybridized carbons (Fsp3) is 0.418. The van der Waals surface area contributed by atoms with E-state index in [0.29, 0.717) is 56.0 Å². The molecule has 0 bridgehead atoms. The number of amides is 4. The quantitative estimate of drug-likeness (QED) is 0.0232. The molecule has 0 spiro atoms. The van der Waals surface area contributed by atoms with Gasteiger partial charge in [0.1, 0.15) is 17.6 Å². The van der Waals surface area contributed by atoms with Crippen LogP contribution >= 0.6 is 46.4 Å². The first-order valence-electron chi connectivity index (χ1n) is 26.1. The van der Waals surface area contributed by atoms with Crippen molar-refractivity contribution in [3.8, 4) is 11.5 Å². The van der Waals surface area contributed by atoms with E-state index >= 15 is 0 Å². The summed E-state index contributed by atoms with van der Waals surface area (Å²) < 4.78 is 91.2. The normalized spacial score (nSPS) is 16.8. The molecule has 0 saturated carbocycles. The Kier molecular flexibility index (Phi) is 23.9. The molecule has 2 aliphatic carbocycles. The maximum atomic E-state index is 12.9. The molecule has 0 fully saturated rings. The van der Waals surface area contributed by atoms with Gasteiger partial charge in [-0.2, -0.15) is 0 Å². The van der Waals surface area contributed by atoms with E-state index in [1.54, 1.807) is 60.7 Å². The third kappa shape index (κ3) is 18.7. The summed E-state index contributed by atoms with van der Waals surface area (Å²) in [6.07, 6.45) is 1.13. The smallest absolute Gasteiger partial charge is 0.319 e. The van der Waals surface area contributed by atoms with E-state index in [0.717, 1.165) is 28.7 Å². The van der Waals surface area contributed by atoms with Gasteiger partial charge in [0.2, 0.25) is 20.0 Å². The van der Waals surface area contributed by atoms with Gasteiger partial charge in [-0.05, 0) is 155 Å². The second kappa shape index (κ2) is 30.5. The number of nitrogens with zero attached hydrogens (tertiary/aromatic N) is 2. The Hall–Kier alpha value is -5.02. The van der Waals surface area contributed by atoms with E-state index in [1.807, 2.05) is 40.3 Å². The van der Waals surface area contributed by atoms with E-state index in [4.69, 9.17) is 74.8 Å². The number of hydrogen-bond acceptors (Lipinski definition) is 14. The van der Waals surface area contributed by atoms with Gasteiger partial charge in [-0.25, -0.2) is 35.9 Å². The third-order valence-electron chi connectivity index (χ3n) is 13.3. The molecule has 1 unspecified atom stereocenters. The van der Waals surface area contributed by atoms with Crippen LogP contribution in [0.1, 0.15) is 34.3 Å². The van der Waals surface area contributed by atoms with Crippen molar-refractivity contribution in [2.75, 3.05) is 124 Å². The summed E-state index contributed by atoms with van der Waals surface area (Å²) in [6, 6.07) is 25.5. The third-order valence-corrected chi connectivity index (χ3v) is 17.4. The first-order valence-corrected chi connectivity index (χ1v) is 30.5. The lowest BCUT2D eigenvalue weighted by Gasteiger charge is -2.27. The van der Waals surface area contributed by atoms with Crippen LogP contribution in [-0.4, -0.2) is 165 Å². The lowest BCUT2D eigenvalue weighted by atomic mass is 9.98. The van der Waals surface area contributed by atoms with Gasteiger partial charge in [-0.3, -0.25) is 0 Å². The standard InChI is InChI=1S/C55H68Cl4N8O12S2/c1-66(2)51-33-45-44(29-36(56)31-49(45)58)48(51)35-78-40-9-13-42(14-10-40)80(70,71)62-19-23-76-27-25-74-21-17-60-54(68)64-38-5-7-39(8-6-38)65-55(69)61-18-22-75-26-28-77-24-20-63-81(72,73)43-15-11-41(12-16-43)79-53-47-30-37(57)32-50(59)46(47)34-52(53)67(3)4/h5-16,29-32,48,51-53,62-63H,17-28,33-35H2,1-4H3,(H2,60,64,68)(H2,61,65,69)/t48-,51?,52-,53-/m0/s1. The molecular weight excluding hydrogens is 1170 g/mol. The number of carbonyl (C=O) groups excluding carboxylic acids is 2. The van der Waals surface area contributed by atoms with Gasteiger partial charge in [0.25, 0.3) is 0 Å². The summed E-state index contributed by atoms with van der Waals surface area (Å²) in [4.78, 5) is 29.2. The molecule has 0 aliphatic heterocycles. The van der Waals surface area contributed by atoms with Crippen LogP contribution in [0.4, 0.5) is 21.0 Å². The van der Waals surface area contributed by atoms with Crippen LogP contribution in [0.15, 0.2) is 107 Å². The van der Waals surface area contributed by atoms with Crippen LogP contribution in [0.2, 0.25) is 20.1 Å². The second-order valence-corrected chi connectivity index (χ2v) is 24.6. The fourth-order valence-corrected chi connectivity index (χ4v) is 12.4. The van der Waals surface area contributed by atoms with E-state index in [2.05, 4.69) is 40.5 Å². The van der Waals surface area contributed by atoms with Crippen LogP contribution < -0.4 is 40.2 Å². The minimum absolute atomic E-state index is 0.0128. The van der Waals surface area contributed by atoms with Crippen molar-refractivity contribution in [1.29, 1.82) is 0 Å². The summed E-state index contributed by atoms with van der Waals surface area (Å²) in [7, 11) is 0.382. The molecule has 20 nitrogen and oxygen atoms in total. The van der Waals surface area contributed by atoms with Gasteiger partial charge < -0.3 is 59.5 Å². The van der Waals surface area contributed by atoms with Crippen molar-refractivity contribution in [2.24, 2.45) is 0 Å². The molecule has 4 atom stereocenters. The van der Waals surface area contributed by atoms with E-state index in [-0.39, 0.29) is 113 Å². The van der Waals surface area contributed by atoms with Crippen molar-refractivity contribution >= 4 is 89.9 Å². The van der Waals surface area contributed by atoms with Crippen molar-refractivity contribution in [3.05, 3.63) is 139 Å². The average molecular weight is 1240 g/mol. The lowest BCUT2D eigenvalue weighted by molar-refractivity contribution is 0.0517. The number of likely N-dealkylation sites (N-methyl/N-ethyl adjacent to an activating group) is 2. The Morgan fingerprint density at radius 2 is 0.926 bits per heavy atom. The summed E-state index contributed by atoms with van der Waals surface area (Å²) in [5.74, 6) is 1.08. The van der Waals surface area contributed by atoms with Gasteiger partial charge in [0.15, 0.2) is 0 Å². The molecule has 0 aromatic heterocycles. The molecule has 81 heavy (non-hydrogen) atoms. The molecule has 0 saturated heterocycles. The number of anilines is 2. The van der Waals surface area contributed by atoms with Gasteiger partial charge in [-0.15, -0.1) is 0 Å². The van der Waals surface area contributed by atoms with Crippen LogP contribution in [0.5, 0.6) is 11.5 Å². The number of nitrogens with one attached hydrogen (secondary N) is 6. The highest BCUT2D eigenvalue weighted by Crippen LogP contribution is 2.43. The van der Waals surface area contributed by atoms with Crippen molar-refractivity contribution in [3.63, 3.8) is 0 Å². The van der Waals surface area contributed by atoms with Gasteiger partial charge in [0, 0.05) is 75.2 Å². The zero-order chi connectivity index (χ0) is 58.1. The SMILES string of the molecule is CN(C)C1Cc2c(Cl)cc(Cl)cc2[C@@H]1COc1ccc(S(=O)(=O)NCCOCCOCCNC(=O)Nc2ccc(NC(=O)NCCOCCOCCNS(=O)(=O)c3ccc(O[C@H]4c5cc(Cl)cc(Cl)c5C[C@@H]4N(C)C)cc3)cc2)cc1. The predicted molar refractivity (Wildman–Crippen MR) is 314 cm³/mol. The number of sulfonamides is 2. The van der Waals surface area contributed by atoms with Gasteiger partial charge >= 0.3 is 12.1 Å². The maximum Gasteiger partial charge on any atom is 0.319 e. The molecule has 0 radical (unpaired) electrons. The number of benzene rings is 5. The Bertz CT molecular complexity index is 3110. The number of hydrogen-bond donors (Lipinski definition) is 6. The molecule has 440 valence electrons. The number of carbonyl (C=O) groups is 2. The number of fused-ring (bicyclic) bond motifs is 2. The molecule has 26 heteroatoms. The van der Waals surface area contributed by atoms with E-state index in [9.17, 15) is 26.4 Å². The zero-order valence-electron chi connectivity index (χ0n) is 45.3. The van der Waals surface area contributed by atoms with Crippen LogP contribution in [0.3, 0.4) is 0 Å². The number of ether oxygens (including phenoxy) is 6. The first-order chi connectivity index (χ1) is 38.8. The largest absolute Gasteiger partial charge is 0.493 e. The highest BCUT2D eigenvalue weighted by atomic mass is 35.5. The van der Waals surface area contributed by atoms with E-state index in [1.165, 1.54) is 24.3 Å². The van der Waals surface area contributed by atoms with Crippen LogP contribution in [0, 0.1) is 0 Å². The number of urea groups is 2. The Labute approximate surface area is 493 Å². The molecule has 5 aromatic rings. The summed E-state index contributed by atoms with van der Waals surface area (Å²) in [5.41, 5.74) is 5.02. The predicted octanol–water partition coefficient (Wildman–Crippen LogP) is 7.82. The molecule has 7 rings (SSSR count). The van der Waals surface area contributed by atoms with Crippen molar-refractivity contribution in [1.82, 2.24) is 29.9 Å². The second-order valence-electron chi connectivity index (χ2n) is 19.4. The Morgan fingerprint density at radius 3 is 1.38 bits per heavy atom. The Morgan fingerprint density at radius 1 is 0.519 bits per heavy atom. The molecule has 0 heterocycles. The highest BCUT2D eigenvalue weighted by Gasteiger charge is 2.38. The fourth-order valence-electron chi connectivity index (χ4n) is 9.20. The van der Waals surface area contributed by atoms with Gasteiger partial charge in [-0.1, -0.05) is 46.4 Å².